The van der Waals surface area contributed by atoms with Gasteiger partial charge in [-0.15, -0.1) is 0 Å². The Morgan fingerprint density at radius 1 is 1.43 bits per heavy atom. The third-order valence-electron chi connectivity index (χ3n) is 3.62. The van der Waals surface area contributed by atoms with E-state index in [2.05, 4.69) is 19.6 Å². The predicted molar refractivity (Wildman–Crippen MR) is 96.8 cm³/mol. The monoisotopic (exact) mass is 333 g/mol. The summed E-state index contributed by atoms with van der Waals surface area (Å²) in [6, 6.07) is 0. The third-order valence-corrected chi connectivity index (χ3v) is 4.03. The highest BCUT2D eigenvalue weighted by molar-refractivity contribution is 6.30. The molecule has 23 heavy (non-hydrogen) atoms. The number of carboxylic acid groups (broad SMARTS) is 1. The molecule has 0 aromatic rings. The molecule has 0 aromatic heterocycles. The molecule has 0 atom stereocenters. The van der Waals surface area contributed by atoms with E-state index in [1.807, 2.05) is 26.8 Å². The van der Waals surface area contributed by atoms with Gasteiger partial charge in [-0.2, -0.15) is 0 Å². The van der Waals surface area contributed by atoms with Gasteiger partial charge in [-0.25, -0.2) is 4.79 Å². The largest absolute Gasteiger partial charge is 0.478 e. The molecule has 0 fully saturated rings. The molecule has 3 nitrogen and oxygen atoms in total. The van der Waals surface area contributed by atoms with Crippen LogP contribution >= 0.6 is 11.6 Å². The van der Waals surface area contributed by atoms with E-state index in [9.17, 15) is 4.79 Å². The van der Waals surface area contributed by atoms with Gasteiger partial charge in [-0.3, -0.25) is 0 Å². The highest BCUT2D eigenvalue weighted by Gasteiger charge is 2.18. The molecule has 0 aromatic carbocycles. The van der Waals surface area contributed by atoms with Crippen molar-refractivity contribution < 1.29 is 9.90 Å². The molecule has 1 N–H and O–H groups in total. The van der Waals surface area contributed by atoms with Crippen LogP contribution in [0.15, 0.2) is 70.2 Å². The summed E-state index contributed by atoms with van der Waals surface area (Å²) in [5, 5.41) is 9.61. The molecule has 0 unspecified atom stereocenters. The van der Waals surface area contributed by atoms with Gasteiger partial charge in [0.05, 0.1) is 5.57 Å². The van der Waals surface area contributed by atoms with Crippen molar-refractivity contribution in [3.05, 3.63) is 70.2 Å². The Kier molecular flexibility index (Phi) is 7.11. The van der Waals surface area contributed by atoms with Crippen LogP contribution in [0.5, 0.6) is 0 Å². The number of hydrogen-bond acceptors (Lipinski definition) is 2. The number of hydrogen-bond donors (Lipinski definition) is 1. The average Bonchev–Trinajstić information content (AvgIpc) is 2.51. The summed E-state index contributed by atoms with van der Waals surface area (Å²) in [7, 11) is 0. The fourth-order valence-corrected chi connectivity index (χ4v) is 2.65. The molecule has 0 bridgehead atoms. The van der Waals surface area contributed by atoms with Crippen molar-refractivity contribution in [2.45, 2.75) is 40.5 Å². The lowest BCUT2D eigenvalue weighted by Gasteiger charge is -2.26. The highest BCUT2D eigenvalue weighted by Crippen LogP contribution is 2.31. The zero-order valence-electron chi connectivity index (χ0n) is 14.2. The van der Waals surface area contributed by atoms with Crippen LogP contribution in [0.1, 0.15) is 40.5 Å². The van der Waals surface area contributed by atoms with E-state index in [4.69, 9.17) is 16.7 Å². The van der Waals surface area contributed by atoms with Crippen molar-refractivity contribution in [2.24, 2.45) is 0 Å². The summed E-state index contributed by atoms with van der Waals surface area (Å²) in [5.74, 6) is -0.976. The number of nitrogens with zero attached hydrogens (tertiary/aromatic N) is 1. The zero-order chi connectivity index (χ0) is 17.6. The lowest BCUT2D eigenvalue weighted by atomic mass is 10.0. The Labute approximate surface area is 143 Å². The van der Waals surface area contributed by atoms with Gasteiger partial charge in [0.1, 0.15) is 5.16 Å². The van der Waals surface area contributed by atoms with Crippen molar-refractivity contribution in [1.82, 2.24) is 4.90 Å². The van der Waals surface area contributed by atoms with Gasteiger partial charge in [0.2, 0.25) is 0 Å². The lowest BCUT2D eigenvalue weighted by molar-refractivity contribution is -0.132. The molecular formula is C19H24ClNO2. The molecule has 1 aliphatic heterocycles. The van der Waals surface area contributed by atoms with E-state index in [0.29, 0.717) is 10.9 Å². The lowest BCUT2D eigenvalue weighted by Crippen LogP contribution is -2.18. The molecule has 0 saturated heterocycles. The maximum Gasteiger partial charge on any atom is 0.335 e. The van der Waals surface area contributed by atoms with Crippen molar-refractivity contribution in [3.63, 3.8) is 0 Å². The van der Waals surface area contributed by atoms with Gasteiger partial charge < -0.3 is 10.0 Å². The average molecular weight is 334 g/mol. The summed E-state index contributed by atoms with van der Waals surface area (Å²) >= 11 is 6.60. The number of halogens is 1. The quantitative estimate of drug-likeness (QED) is 0.515. The Hall–Kier alpha value is -2.00. The number of carbonyl (C=O) groups is 1. The van der Waals surface area contributed by atoms with E-state index in [0.717, 1.165) is 24.0 Å². The van der Waals surface area contributed by atoms with Gasteiger partial charge >= 0.3 is 5.97 Å². The number of aliphatic carboxylic acids is 1. The first-order chi connectivity index (χ1) is 10.8. The van der Waals surface area contributed by atoms with Crippen LogP contribution < -0.4 is 0 Å². The summed E-state index contributed by atoms with van der Waals surface area (Å²) in [4.78, 5) is 12.8. The third kappa shape index (κ3) is 5.00. The second-order valence-electron chi connectivity index (χ2n) is 5.46. The maximum atomic E-state index is 11.0. The van der Waals surface area contributed by atoms with E-state index in [1.54, 1.807) is 11.1 Å². The van der Waals surface area contributed by atoms with Crippen molar-refractivity contribution in [1.29, 1.82) is 0 Å². The maximum absolute atomic E-state index is 11.0. The first-order valence-electron chi connectivity index (χ1n) is 7.63. The molecule has 0 spiro atoms. The van der Waals surface area contributed by atoms with Crippen LogP contribution in [0.4, 0.5) is 0 Å². The van der Waals surface area contributed by atoms with E-state index in [1.165, 1.54) is 17.7 Å². The normalized spacial score (nSPS) is 17.2. The van der Waals surface area contributed by atoms with Gasteiger partial charge in [0, 0.05) is 11.9 Å². The topological polar surface area (TPSA) is 40.5 Å². The Bertz CT molecular complexity index is 648. The smallest absolute Gasteiger partial charge is 0.335 e. The minimum atomic E-state index is -0.976. The van der Waals surface area contributed by atoms with Gasteiger partial charge in [0.25, 0.3) is 0 Å². The molecule has 0 saturated carbocycles. The summed E-state index contributed by atoms with van der Waals surface area (Å²) in [6.07, 6.45) is 10.6. The summed E-state index contributed by atoms with van der Waals surface area (Å²) in [6.45, 7) is 12.1. The van der Waals surface area contributed by atoms with Crippen molar-refractivity contribution in [3.8, 4) is 0 Å². The Balaban J connectivity index is 3.24. The van der Waals surface area contributed by atoms with Crippen LogP contribution in [0.2, 0.25) is 0 Å². The van der Waals surface area contributed by atoms with Gasteiger partial charge in [0.15, 0.2) is 0 Å². The first kappa shape index (κ1) is 19.0. The predicted octanol–water partition coefficient (Wildman–Crippen LogP) is 5.50. The molecule has 0 amide bonds. The first-order valence-corrected chi connectivity index (χ1v) is 8.01. The van der Waals surface area contributed by atoms with Gasteiger partial charge in [-0.05, 0) is 50.5 Å². The summed E-state index contributed by atoms with van der Waals surface area (Å²) in [5.41, 5.74) is 4.04. The van der Waals surface area contributed by atoms with Crippen LogP contribution in [0.3, 0.4) is 0 Å². The van der Waals surface area contributed by atoms with E-state index in [-0.39, 0.29) is 5.57 Å². The number of carboxylic acids is 1. The minimum Gasteiger partial charge on any atom is -0.478 e. The van der Waals surface area contributed by atoms with Crippen molar-refractivity contribution in [2.75, 3.05) is 0 Å². The molecule has 124 valence electrons. The standard InChI is InChI=1S/C19H24ClNO2/c1-6-8-17(14(4)11-13(3)7-2)18(20)21-10-9-16(19(22)23)12-15(21)5/h7,9-12H,5-6,8H2,1-4H3,(H,22,23)/b13-7+,14-11-,18-17+. The Morgan fingerprint density at radius 3 is 2.57 bits per heavy atom. The zero-order valence-corrected chi connectivity index (χ0v) is 14.9. The molecule has 4 heteroatoms. The van der Waals surface area contributed by atoms with Crippen LogP contribution in [0, 0.1) is 0 Å². The highest BCUT2D eigenvalue weighted by atomic mass is 35.5. The molecular weight excluding hydrogens is 310 g/mol. The molecule has 0 aliphatic carbocycles. The molecule has 1 aliphatic rings. The molecule has 1 heterocycles. The van der Waals surface area contributed by atoms with E-state index >= 15 is 0 Å². The second-order valence-corrected chi connectivity index (χ2v) is 5.82. The fourth-order valence-electron chi connectivity index (χ4n) is 2.24. The van der Waals surface area contributed by atoms with Gasteiger partial charge in [-0.1, -0.05) is 49.2 Å². The van der Waals surface area contributed by atoms with Crippen molar-refractivity contribution >= 4 is 17.6 Å². The minimum absolute atomic E-state index is 0.199. The SMILES string of the molecule is C=C1C=C(C(=O)O)C=CN1/C(Cl)=C(CCC)/C(C)=C\C(C)=C\C. The van der Waals surface area contributed by atoms with Crippen LogP contribution in [0.25, 0.3) is 0 Å². The Morgan fingerprint density at radius 2 is 2.09 bits per heavy atom. The number of rotatable bonds is 6. The summed E-state index contributed by atoms with van der Waals surface area (Å²) < 4.78 is 0. The fraction of sp³-hybridized carbons (Fsp3) is 0.316. The molecule has 0 radical (unpaired) electrons. The second kappa shape index (κ2) is 8.59. The van der Waals surface area contributed by atoms with E-state index < -0.39 is 5.97 Å². The van der Waals surface area contributed by atoms with Crippen LogP contribution in [-0.4, -0.2) is 16.0 Å². The number of allylic oxidation sites excluding steroid dienone is 6. The van der Waals surface area contributed by atoms with Crippen LogP contribution in [-0.2, 0) is 4.79 Å². The molecule has 1 rings (SSSR count).